The predicted molar refractivity (Wildman–Crippen MR) is 52.5 cm³/mol. The van der Waals surface area contributed by atoms with E-state index < -0.39 is 13.0 Å². The fraction of sp³-hybridized carbons (Fsp3) is 0.778. The SMILES string of the molecule is CNCCc1noc(CCOCC(F)F)n1. The predicted octanol–water partition coefficient (Wildman–Crippen LogP) is 0.656. The van der Waals surface area contributed by atoms with E-state index in [1.54, 1.807) is 0 Å². The van der Waals surface area contributed by atoms with Gasteiger partial charge < -0.3 is 14.6 Å². The van der Waals surface area contributed by atoms with Gasteiger partial charge in [-0.05, 0) is 7.05 Å². The van der Waals surface area contributed by atoms with E-state index in [0.29, 0.717) is 24.6 Å². The molecule has 0 fully saturated rings. The first-order chi connectivity index (χ1) is 7.72. The van der Waals surface area contributed by atoms with Crippen molar-refractivity contribution in [3.05, 3.63) is 11.7 Å². The molecule has 1 N–H and O–H groups in total. The lowest BCUT2D eigenvalue weighted by molar-refractivity contribution is 0.0171. The minimum Gasteiger partial charge on any atom is -0.375 e. The zero-order valence-electron chi connectivity index (χ0n) is 9.08. The second-order valence-corrected chi connectivity index (χ2v) is 3.17. The molecule has 0 amide bonds. The second kappa shape index (κ2) is 7.24. The van der Waals surface area contributed by atoms with E-state index in [1.165, 1.54) is 0 Å². The molecule has 1 heterocycles. The average Bonchev–Trinajstić information content (AvgIpc) is 2.69. The Morgan fingerprint density at radius 3 is 2.94 bits per heavy atom. The van der Waals surface area contributed by atoms with Crippen LogP contribution in [0.5, 0.6) is 0 Å². The van der Waals surface area contributed by atoms with E-state index in [0.717, 1.165) is 6.54 Å². The van der Waals surface area contributed by atoms with Gasteiger partial charge in [0.1, 0.15) is 6.61 Å². The van der Waals surface area contributed by atoms with Crippen LogP contribution in [-0.2, 0) is 17.6 Å². The third kappa shape index (κ3) is 5.13. The minimum atomic E-state index is -2.44. The summed E-state index contributed by atoms with van der Waals surface area (Å²) in [6, 6.07) is 0. The van der Waals surface area contributed by atoms with Crippen LogP contribution < -0.4 is 5.32 Å². The lowest BCUT2D eigenvalue weighted by Gasteiger charge is -1.99. The first-order valence-corrected chi connectivity index (χ1v) is 5.04. The van der Waals surface area contributed by atoms with Gasteiger partial charge in [-0.2, -0.15) is 4.98 Å². The molecule has 0 aliphatic rings. The molecule has 0 radical (unpaired) electrons. The first kappa shape index (κ1) is 13.0. The molecule has 0 atom stereocenters. The fourth-order valence-electron chi connectivity index (χ4n) is 1.06. The van der Waals surface area contributed by atoms with Crippen molar-refractivity contribution in [1.82, 2.24) is 15.5 Å². The molecule has 1 aromatic rings. The molecule has 0 aliphatic carbocycles. The van der Waals surface area contributed by atoms with Crippen LogP contribution in [0, 0.1) is 0 Å². The Morgan fingerprint density at radius 1 is 1.44 bits per heavy atom. The molecule has 1 rings (SSSR count). The Balaban J connectivity index is 2.19. The highest BCUT2D eigenvalue weighted by atomic mass is 19.3. The maximum absolute atomic E-state index is 11.7. The molecule has 0 saturated heterocycles. The van der Waals surface area contributed by atoms with Crippen LogP contribution in [0.15, 0.2) is 4.52 Å². The molecule has 1 aromatic heterocycles. The largest absolute Gasteiger partial charge is 0.375 e. The van der Waals surface area contributed by atoms with Gasteiger partial charge in [0.2, 0.25) is 5.89 Å². The van der Waals surface area contributed by atoms with Gasteiger partial charge >= 0.3 is 0 Å². The number of nitrogens with one attached hydrogen (secondary N) is 1. The molecule has 5 nitrogen and oxygen atoms in total. The monoisotopic (exact) mass is 235 g/mol. The summed E-state index contributed by atoms with van der Waals surface area (Å²) in [5, 5.41) is 6.70. The Labute approximate surface area is 92.2 Å². The molecular formula is C9H15F2N3O2. The summed E-state index contributed by atoms with van der Waals surface area (Å²) in [6.45, 7) is 0.375. The van der Waals surface area contributed by atoms with Gasteiger partial charge in [0.25, 0.3) is 6.43 Å². The van der Waals surface area contributed by atoms with Gasteiger partial charge in [0.15, 0.2) is 5.82 Å². The van der Waals surface area contributed by atoms with Crippen molar-refractivity contribution in [2.24, 2.45) is 0 Å². The molecular weight excluding hydrogens is 220 g/mol. The van der Waals surface area contributed by atoms with Crippen LogP contribution in [0.2, 0.25) is 0 Å². The Kier molecular flexibility index (Phi) is 5.87. The number of hydrogen-bond donors (Lipinski definition) is 1. The Bertz CT molecular complexity index is 294. The summed E-state index contributed by atoms with van der Waals surface area (Å²) in [5.74, 6) is 1.03. The van der Waals surface area contributed by atoms with Crippen LogP contribution >= 0.6 is 0 Å². The van der Waals surface area contributed by atoms with E-state index in [1.807, 2.05) is 7.05 Å². The highest BCUT2D eigenvalue weighted by Crippen LogP contribution is 2.00. The van der Waals surface area contributed by atoms with Crippen molar-refractivity contribution < 1.29 is 18.0 Å². The molecule has 92 valence electrons. The van der Waals surface area contributed by atoms with Crippen molar-refractivity contribution in [3.63, 3.8) is 0 Å². The molecule has 16 heavy (non-hydrogen) atoms. The normalized spacial score (nSPS) is 11.2. The van der Waals surface area contributed by atoms with Gasteiger partial charge in [-0.25, -0.2) is 8.78 Å². The Morgan fingerprint density at radius 2 is 2.25 bits per heavy atom. The van der Waals surface area contributed by atoms with Crippen molar-refractivity contribution in [3.8, 4) is 0 Å². The van der Waals surface area contributed by atoms with Gasteiger partial charge in [0.05, 0.1) is 13.0 Å². The zero-order valence-corrected chi connectivity index (χ0v) is 9.08. The second-order valence-electron chi connectivity index (χ2n) is 3.17. The van der Waals surface area contributed by atoms with E-state index in [9.17, 15) is 8.78 Å². The number of nitrogens with zero attached hydrogens (tertiary/aromatic N) is 2. The first-order valence-electron chi connectivity index (χ1n) is 5.04. The topological polar surface area (TPSA) is 60.2 Å². The fourth-order valence-corrected chi connectivity index (χ4v) is 1.06. The van der Waals surface area contributed by atoms with Crippen LogP contribution in [0.3, 0.4) is 0 Å². The summed E-state index contributed by atoms with van der Waals surface area (Å²) in [7, 11) is 1.83. The number of halogens is 2. The number of aromatic nitrogens is 2. The van der Waals surface area contributed by atoms with Gasteiger partial charge in [0, 0.05) is 13.0 Å². The van der Waals surface area contributed by atoms with E-state index in [2.05, 4.69) is 15.5 Å². The van der Waals surface area contributed by atoms with Crippen LogP contribution in [0.4, 0.5) is 8.78 Å². The molecule has 7 heteroatoms. The van der Waals surface area contributed by atoms with Crippen LogP contribution in [-0.4, -0.2) is 43.4 Å². The van der Waals surface area contributed by atoms with E-state index in [-0.39, 0.29) is 6.61 Å². The molecule has 0 unspecified atom stereocenters. The zero-order chi connectivity index (χ0) is 11.8. The van der Waals surface area contributed by atoms with Crippen molar-refractivity contribution in [1.29, 1.82) is 0 Å². The minimum absolute atomic E-state index is 0.165. The number of hydrogen-bond acceptors (Lipinski definition) is 5. The molecule has 0 bridgehead atoms. The smallest absolute Gasteiger partial charge is 0.261 e. The highest BCUT2D eigenvalue weighted by Gasteiger charge is 2.07. The molecule has 0 aliphatic heterocycles. The van der Waals surface area contributed by atoms with Crippen LogP contribution in [0.25, 0.3) is 0 Å². The quantitative estimate of drug-likeness (QED) is 0.670. The lowest BCUT2D eigenvalue weighted by atomic mass is 10.4. The Hall–Kier alpha value is -1.08. The molecule has 0 aromatic carbocycles. The number of alkyl halides is 2. The lowest BCUT2D eigenvalue weighted by Crippen LogP contribution is -2.11. The standard InChI is InChI=1S/C9H15F2N3O2/c1-12-4-2-8-13-9(16-14-8)3-5-15-6-7(10)11/h7,12H,2-6H2,1H3. The maximum Gasteiger partial charge on any atom is 0.261 e. The number of rotatable bonds is 8. The summed E-state index contributed by atoms with van der Waals surface area (Å²) in [6.07, 6.45) is -1.40. The van der Waals surface area contributed by atoms with Crippen molar-refractivity contribution in [2.45, 2.75) is 19.3 Å². The molecule has 0 spiro atoms. The van der Waals surface area contributed by atoms with Crippen molar-refractivity contribution in [2.75, 3.05) is 26.8 Å². The molecule has 0 saturated carbocycles. The average molecular weight is 235 g/mol. The maximum atomic E-state index is 11.7. The van der Waals surface area contributed by atoms with Gasteiger partial charge in [-0.3, -0.25) is 0 Å². The number of likely N-dealkylation sites (N-methyl/N-ethyl adjacent to an activating group) is 1. The van der Waals surface area contributed by atoms with Gasteiger partial charge in [-0.15, -0.1) is 0 Å². The van der Waals surface area contributed by atoms with Gasteiger partial charge in [-0.1, -0.05) is 5.16 Å². The van der Waals surface area contributed by atoms with Crippen LogP contribution in [0.1, 0.15) is 11.7 Å². The summed E-state index contributed by atoms with van der Waals surface area (Å²) >= 11 is 0. The number of ether oxygens (including phenoxy) is 1. The summed E-state index contributed by atoms with van der Waals surface area (Å²) in [5.41, 5.74) is 0. The third-order valence-electron chi connectivity index (χ3n) is 1.81. The third-order valence-corrected chi connectivity index (χ3v) is 1.81. The highest BCUT2D eigenvalue weighted by molar-refractivity contribution is 4.87. The van der Waals surface area contributed by atoms with E-state index >= 15 is 0 Å². The summed E-state index contributed by atoms with van der Waals surface area (Å²) < 4.78 is 33.1. The summed E-state index contributed by atoms with van der Waals surface area (Å²) in [4.78, 5) is 4.08. The van der Waals surface area contributed by atoms with Crippen molar-refractivity contribution >= 4 is 0 Å². The van der Waals surface area contributed by atoms with E-state index in [4.69, 9.17) is 9.26 Å².